The number of carbonyl (C=O) groups is 1. The largest absolute Gasteiger partial charge is 0.470 e. The van der Waals surface area contributed by atoms with E-state index in [1.54, 1.807) is 35.3 Å². The molecule has 2 aromatic heterocycles. The average Bonchev–Trinajstić information content (AvgIpc) is 3.16. The molecule has 0 aliphatic heterocycles. The molecule has 0 atom stereocenters. The van der Waals surface area contributed by atoms with Gasteiger partial charge in [0.1, 0.15) is 11.4 Å². The van der Waals surface area contributed by atoms with Gasteiger partial charge in [0.05, 0.1) is 22.6 Å². The number of hydrogen-bond acceptors (Lipinski definition) is 4. The van der Waals surface area contributed by atoms with Crippen LogP contribution in [0.2, 0.25) is 5.02 Å². The summed E-state index contributed by atoms with van der Waals surface area (Å²) in [4.78, 5) is 12.4. The van der Waals surface area contributed by atoms with Gasteiger partial charge in [0.25, 0.3) is 5.91 Å². The van der Waals surface area contributed by atoms with Crippen molar-refractivity contribution in [1.82, 2.24) is 19.6 Å². The molecular weight excluding hydrogens is 330 g/mol. The lowest BCUT2D eigenvalue weighted by atomic mass is 10.3. The van der Waals surface area contributed by atoms with Gasteiger partial charge < -0.3 is 10.1 Å². The predicted molar refractivity (Wildman–Crippen MR) is 90.2 cm³/mol. The van der Waals surface area contributed by atoms with Crippen LogP contribution < -0.4 is 10.1 Å². The number of aromatic nitrogens is 4. The highest BCUT2D eigenvalue weighted by molar-refractivity contribution is 6.32. The van der Waals surface area contributed by atoms with E-state index < -0.39 is 0 Å². The molecule has 1 amide bonds. The van der Waals surface area contributed by atoms with E-state index in [1.807, 2.05) is 26.1 Å². The second kappa shape index (κ2) is 6.76. The van der Waals surface area contributed by atoms with Crippen molar-refractivity contribution in [2.45, 2.75) is 13.7 Å². The van der Waals surface area contributed by atoms with E-state index in [1.165, 1.54) is 4.68 Å². The van der Waals surface area contributed by atoms with Crippen LogP contribution in [-0.4, -0.2) is 25.5 Å². The molecule has 0 unspecified atom stereocenters. The Morgan fingerprint density at radius 1 is 1.29 bits per heavy atom. The van der Waals surface area contributed by atoms with Gasteiger partial charge in [-0.25, -0.2) is 4.68 Å². The number of amides is 1. The summed E-state index contributed by atoms with van der Waals surface area (Å²) in [6.45, 7) is 1.95. The highest BCUT2D eigenvalue weighted by atomic mass is 35.5. The molecule has 0 radical (unpaired) electrons. The Hall–Kier alpha value is -2.80. The Morgan fingerprint density at radius 3 is 2.79 bits per heavy atom. The first-order valence-electron chi connectivity index (χ1n) is 7.25. The summed E-state index contributed by atoms with van der Waals surface area (Å²) in [6, 6.07) is 8.75. The number of aryl methyl sites for hydroxylation is 1. The van der Waals surface area contributed by atoms with Crippen LogP contribution >= 0.6 is 11.6 Å². The number of rotatable bonds is 5. The van der Waals surface area contributed by atoms with E-state index in [9.17, 15) is 4.79 Å². The minimum absolute atomic E-state index is 0.0749. The van der Waals surface area contributed by atoms with Crippen molar-refractivity contribution in [3.8, 4) is 5.75 Å². The van der Waals surface area contributed by atoms with Crippen molar-refractivity contribution in [3.05, 3.63) is 59.1 Å². The molecule has 2 heterocycles. The zero-order valence-electron chi connectivity index (χ0n) is 13.2. The minimum Gasteiger partial charge on any atom is -0.470 e. The molecule has 0 saturated carbocycles. The summed E-state index contributed by atoms with van der Waals surface area (Å²) < 4.78 is 8.77. The molecule has 0 aliphatic rings. The number of halogens is 1. The maximum absolute atomic E-state index is 12.4. The van der Waals surface area contributed by atoms with Crippen molar-refractivity contribution < 1.29 is 9.53 Å². The van der Waals surface area contributed by atoms with Gasteiger partial charge in [0.15, 0.2) is 6.73 Å². The van der Waals surface area contributed by atoms with Gasteiger partial charge in [-0.2, -0.15) is 10.2 Å². The van der Waals surface area contributed by atoms with E-state index in [0.717, 1.165) is 5.69 Å². The van der Waals surface area contributed by atoms with Crippen LogP contribution in [0.15, 0.2) is 42.7 Å². The molecule has 1 aromatic carbocycles. The first kappa shape index (κ1) is 16.1. The Morgan fingerprint density at radius 2 is 2.08 bits per heavy atom. The number of anilines is 1. The maximum atomic E-state index is 12.4. The number of para-hydroxylation sites is 1. The van der Waals surface area contributed by atoms with Crippen LogP contribution in [0.3, 0.4) is 0 Å². The van der Waals surface area contributed by atoms with E-state index in [4.69, 9.17) is 16.3 Å². The van der Waals surface area contributed by atoms with Gasteiger partial charge in [-0.3, -0.25) is 9.48 Å². The van der Waals surface area contributed by atoms with Crippen molar-refractivity contribution in [2.75, 3.05) is 5.32 Å². The summed E-state index contributed by atoms with van der Waals surface area (Å²) in [5.74, 6) is 0.246. The fraction of sp³-hybridized carbons (Fsp3) is 0.188. The monoisotopic (exact) mass is 345 g/mol. The van der Waals surface area contributed by atoms with Gasteiger partial charge in [-0.05, 0) is 25.1 Å². The van der Waals surface area contributed by atoms with E-state index >= 15 is 0 Å². The zero-order valence-corrected chi connectivity index (χ0v) is 14.0. The molecule has 7 nitrogen and oxygen atoms in total. The summed E-state index contributed by atoms with van der Waals surface area (Å²) in [5, 5.41) is 11.5. The normalized spacial score (nSPS) is 10.6. The van der Waals surface area contributed by atoms with Crippen LogP contribution in [0.25, 0.3) is 0 Å². The number of nitrogens with zero attached hydrogens (tertiary/aromatic N) is 4. The van der Waals surface area contributed by atoms with Crippen LogP contribution in [0.4, 0.5) is 5.69 Å². The third-order valence-electron chi connectivity index (χ3n) is 3.61. The first-order chi connectivity index (χ1) is 11.6. The molecule has 0 bridgehead atoms. The quantitative estimate of drug-likeness (QED) is 0.771. The number of carbonyl (C=O) groups excluding carboxylic acids is 1. The number of ether oxygens (including phenoxy) is 1. The number of benzene rings is 1. The topological polar surface area (TPSA) is 74.0 Å². The Labute approximate surface area is 143 Å². The average molecular weight is 346 g/mol. The van der Waals surface area contributed by atoms with E-state index in [0.29, 0.717) is 22.2 Å². The van der Waals surface area contributed by atoms with Crippen LogP contribution in [0.5, 0.6) is 5.75 Å². The molecule has 24 heavy (non-hydrogen) atoms. The lowest BCUT2D eigenvalue weighted by Crippen LogP contribution is -2.20. The van der Waals surface area contributed by atoms with Crippen molar-refractivity contribution in [3.63, 3.8) is 0 Å². The van der Waals surface area contributed by atoms with Gasteiger partial charge in [0, 0.05) is 13.2 Å². The Kier molecular flexibility index (Phi) is 4.52. The smallest absolute Gasteiger partial charge is 0.274 e. The second-order valence-electron chi connectivity index (χ2n) is 5.14. The van der Waals surface area contributed by atoms with E-state index in [2.05, 4.69) is 15.5 Å². The standard InChI is InChI=1S/C16H16ClN5O2/c1-11-13(9-19-21(11)2)20-16(23)14-7-8-18-22(14)10-24-15-6-4-3-5-12(15)17/h3-9H,10H2,1-2H3,(H,20,23). The lowest BCUT2D eigenvalue weighted by Gasteiger charge is -2.10. The molecule has 0 aliphatic carbocycles. The van der Waals surface area contributed by atoms with Crippen molar-refractivity contribution in [2.24, 2.45) is 7.05 Å². The molecule has 8 heteroatoms. The summed E-state index contributed by atoms with van der Waals surface area (Å²) >= 11 is 6.05. The fourth-order valence-corrected chi connectivity index (χ4v) is 2.32. The van der Waals surface area contributed by atoms with Gasteiger partial charge in [0.2, 0.25) is 0 Å². The lowest BCUT2D eigenvalue weighted by molar-refractivity contribution is 0.100. The zero-order chi connectivity index (χ0) is 17.1. The van der Waals surface area contributed by atoms with Gasteiger partial charge >= 0.3 is 0 Å². The first-order valence-corrected chi connectivity index (χ1v) is 7.63. The molecule has 3 rings (SSSR count). The Bertz CT molecular complexity index is 871. The van der Waals surface area contributed by atoms with Crippen LogP contribution in [0, 0.1) is 6.92 Å². The molecule has 3 aromatic rings. The van der Waals surface area contributed by atoms with Crippen LogP contribution in [-0.2, 0) is 13.8 Å². The van der Waals surface area contributed by atoms with Gasteiger partial charge in [-0.1, -0.05) is 23.7 Å². The third kappa shape index (κ3) is 3.26. The molecule has 0 fully saturated rings. The number of hydrogen-bond donors (Lipinski definition) is 1. The highest BCUT2D eigenvalue weighted by Gasteiger charge is 2.15. The summed E-state index contributed by atoms with van der Waals surface area (Å²) in [5.41, 5.74) is 1.90. The predicted octanol–water partition coefficient (Wildman–Crippen LogP) is 2.87. The molecular formula is C16H16ClN5O2. The van der Waals surface area contributed by atoms with Crippen molar-refractivity contribution in [1.29, 1.82) is 0 Å². The third-order valence-corrected chi connectivity index (χ3v) is 3.92. The molecule has 1 N–H and O–H groups in total. The number of nitrogens with one attached hydrogen (secondary N) is 1. The Balaban J connectivity index is 1.72. The SMILES string of the molecule is Cc1c(NC(=O)c2ccnn2COc2ccccc2Cl)cnn1C. The summed E-state index contributed by atoms with van der Waals surface area (Å²) in [6.07, 6.45) is 3.15. The molecule has 0 spiro atoms. The second-order valence-corrected chi connectivity index (χ2v) is 5.55. The summed E-state index contributed by atoms with van der Waals surface area (Å²) in [7, 11) is 1.81. The fourth-order valence-electron chi connectivity index (χ4n) is 2.13. The van der Waals surface area contributed by atoms with E-state index in [-0.39, 0.29) is 12.6 Å². The van der Waals surface area contributed by atoms with Crippen molar-refractivity contribution >= 4 is 23.2 Å². The van der Waals surface area contributed by atoms with Crippen LogP contribution in [0.1, 0.15) is 16.2 Å². The highest BCUT2D eigenvalue weighted by Crippen LogP contribution is 2.23. The van der Waals surface area contributed by atoms with Gasteiger partial charge in [-0.15, -0.1) is 0 Å². The maximum Gasteiger partial charge on any atom is 0.274 e. The molecule has 0 saturated heterocycles. The minimum atomic E-state index is -0.286. The molecule has 124 valence electrons.